The molecule has 7 nitrogen and oxygen atoms in total. The fourth-order valence-electron chi connectivity index (χ4n) is 3.57. The number of anilines is 1. The molecule has 0 saturated carbocycles. The maximum atomic E-state index is 11.8. The van der Waals surface area contributed by atoms with Crippen LogP contribution in [0.3, 0.4) is 0 Å². The highest BCUT2D eigenvalue weighted by atomic mass is 16.5. The van der Waals surface area contributed by atoms with Gasteiger partial charge in [0.25, 0.3) is 0 Å². The first-order valence-electron chi connectivity index (χ1n) is 8.71. The molecule has 132 valence electrons. The summed E-state index contributed by atoms with van der Waals surface area (Å²) in [5, 5.41) is 7.11. The minimum atomic E-state index is -0.0833. The Labute approximate surface area is 147 Å². The van der Waals surface area contributed by atoms with Gasteiger partial charge in [-0.25, -0.2) is 4.98 Å². The van der Waals surface area contributed by atoms with Crippen molar-refractivity contribution in [2.24, 2.45) is 0 Å². The molecule has 7 heteroatoms. The molecule has 0 aliphatic carbocycles. The molecule has 0 unspecified atom stereocenters. The molecule has 0 spiro atoms. The smallest absolute Gasteiger partial charge is 0.227 e. The Balaban J connectivity index is 1.46. The van der Waals surface area contributed by atoms with E-state index in [1.54, 1.807) is 4.90 Å². The molecule has 2 aliphatic rings. The molecule has 2 aliphatic heterocycles. The van der Waals surface area contributed by atoms with Crippen molar-refractivity contribution in [1.82, 2.24) is 20.1 Å². The van der Waals surface area contributed by atoms with E-state index in [9.17, 15) is 4.79 Å². The van der Waals surface area contributed by atoms with Crippen LogP contribution in [0.15, 0.2) is 18.2 Å². The number of hydrogen-bond acceptors (Lipinski definition) is 5. The molecule has 25 heavy (non-hydrogen) atoms. The Morgan fingerprint density at radius 3 is 3.04 bits per heavy atom. The van der Waals surface area contributed by atoms with E-state index in [1.807, 2.05) is 14.0 Å². The van der Waals surface area contributed by atoms with Crippen molar-refractivity contribution in [3.05, 3.63) is 41.0 Å². The fourth-order valence-corrected chi connectivity index (χ4v) is 3.57. The van der Waals surface area contributed by atoms with Crippen molar-refractivity contribution < 1.29 is 9.53 Å². The molecular formula is C18H23N5O2. The van der Waals surface area contributed by atoms with Crippen molar-refractivity contribution in [3.8, 4) is 0 Å². The lowest BCUT2D eigenvalue weighted by Gasteiger charge is -2.32. The van der Waals surface area contributed by atoms with Crippen LogP contribution in [-0.2, 0) is 22.5 Å². The number of carbonyl (C=O) groups is 1. The summed E-state index contributed by atoms with van der Waals surface area (Å²) in [6, 6.07) is 6.42. The van der Waals surface area contributed by atoms with Crippen LogP contribution in [0.2, 0.25) is 0 Å². The third-order valence-corrected chi connectivity index (χ3v) is 4.95. The van der Waals surface area contributed by atoms with Gasteiger partial charge in [0.05, 0.1) is 6.61 Å². The van der Waals surface area contributed by atoms with Gasteiger partial charge in [-0.3, -0.25) is 14.8 Å². The highest BCUT2D eigenvalue weighted by molar-refractivity contribution is 5.95. The Hall–Kier alpha value is -2.25. The second kappa shape index (κ2) is 6.57. The number of aromatic amines is 1. The summed E-state index contributed by atoms with van der Waals surface area (Å²) in [6.45, 7) is 5.13. The van der Waals surface area contributed by atoms with E-state index < -0.39 is 0 Å². The van der Waals surface area contributed by atoms with Crippen molar-refractivity contribution in [3.63, 3.8) is 0 Å². The van der Waals surface area contributed by atoms with Crippen molar-refractivity contribution in [1.29, 1.82) is 0 Å². The number of nitrogens with one attached hydrogen (secondary N) is 1. The van der Waals surface area contributed by atoms with Gasteiger partial charge in [-0.1, -0.05) is 12.1 Å². The van der Waals surface area contributed by atoms with Crippen LogP contribution in [0.25, 0.3) is 0 Å². The van der Waals surface area contributed by atoms with Gasteiger partial charge in [0, 0.05) is 38.8 Å². The number of aryl methyl sites for hydroxylation is 2. The summed E-state index contributed by atoms with van der Waals surface area (Å²) >= 11 is 0. The predicted octanol–water partition coefficient (Wildman–Crippen LogP) is 1.60. The third kappa shape index (κ3) is 3.29. The van der Waals surface area contributed by atoms with E-state index in [0.717, 1.165) is 43.4 Å². The van der Waals surface area contributed by atoms with Gasteiger partial charge in [-0.2, -0.15) is 5.10 Å². The largest absolute Gasteiger partial charge is 0.367 e. The summed E-state index contributed by atoms with van der Waals surface area (Å²) < 4.78 is 5.83. The second-order valence-corrected chi connectivity index (χ2v) is 6.79. The lowest BCUT2D eigenvalue weighted by atomic mass is 9.99. The number of nitrogens with zero attached hydrogens (tertiary/aromatic N) is 4. The van der Waals surface area contributed by atoms with Crippen LogP contribution >= 0.6 is 0 Å². The number of fused-ring (bicyclic) bond motifs is 1. The van der Waals surface area contributed by atoms with Gasteiger partial charge in [-0.15, -0.1) is 0 Å². The number of H-pyrrole nitrogens is 1. The quantitative estimate of drug-likeness (QED) is 0.918. The number of morpholine rings is 1. The van der Waals surface area contributed by atoms with E-state index in [0.29, 0.717) is 13.0 Å². The van der Waals surface area contributed by atoms with Crippen molar-refractivity contribution in [2.45, 2.75) is 32.4 Å². The van der Waals surface area contributed by atoms with Crippen molar-refractivity contribution >= 4 is 11.6 Å². The van der Waals surface area contributed by atoms with Crippen LogP contribution < -0.4 is 4.90 Å². The molecule has 4 rings (SSSR count). The minimum Gasteiger partial charge on any atom is -0.367 e. The lowest BCUT2D eigenvalue weighted by molar-refractivity contribution is -0.118. The van der Waals surface area contributed by atoms with Gasteiger partial charge in [0.15, 0.2) is 5.82 Å². The Kier molecular flexibility index (Phi) is 4.27. The molecule has 0 radical (unpaired) electrons. The molecule has 1 aromatic carbocycles. The molecule has 2 aromatic rings. The molecular weight excluding hydrogens is 318 g/mol. The Morgan fingerprint density at radius 1 is 1.36 bits per heavy atom. The van der Waals surface area contributed by atoms with Crippen LogP contribution in [0, 0.1) is 6.92 Å². The standard InChI is InChI=1S/C18H23N5O2/c1-12-19-18(21-20-12)16-11-23(7-8-25-16)10-13-3-5-15-14(9-13)4-6-17(24)22(15)2/h3,5,9,16H,4,6-8,10-11H2,1-2H3,(H,19,20,21)/t16-/m0/s1. The van der Waals surface area contributed by atoms with E-state index in [1.165, 1.54) is 11.1 Å². The average Bonchev–Trinajstić information content (AvgIpc) is 3.05. The highest BCUT2D eigenvalue weighted by Crippen LogP contribution is 2.28. The zero-order valence-electron chi connectivity index (χ0n) is 14.7. The molecule has 1 amide bonds. The fraction of sp³-hybridized carbons (Fsp3) is 0.500. The van der Waals surface area contributed by atoms with E-state index >= 15 is 0 Å². The Morgan fingerprint density at radius 2 is 2.24 bits per heavy atom. The molecule has 3 heterocycles. The summed E-state index contributed by atoms with van der Waals surface area (Å²) in [5.41, 5.74) is 3.57. The topological polar surface area (TPSA) is 74.3 Å². The second-order valence-electron chi connectivity index (χ2n) is 6.79. The SMILES string of the molecule is Cc1nc([C@@H]2CN(Cc3ccc4c(c3)CCC(=O)N4C)CCO2)n[nH]1. The molecule has 0 bridgehead atoms. The summed E-state index contributed by atoms with van der Waals surface area (Å²) in [5.74, 6) is 1.73. The molecule has 1 atom stereocenters. The number of ether oxygens (including phenoxy) is 1. The van der Waals surface area contributed by atoms with E-state index in [2.05, 4.69) is 38.3 Å². The van der Waals surface area contributed by atoms with Crippen LogP contribution in [0.5, 0.6) is 0 Å². The Bertz CT molecular complexity index is 788. The van der Waals surface area contributed by atoms with E-state index in [-0.39, 0.29) is 12.0 Å². The maximum absolute atomic E-state index is 11.8. The normalized spacial score (nSPS) is 21.4. The van der Waals surface area contributed by atoms with Gasteiger partial charge < -0.3 is 9.64 Å². The summed E-state index contributed by atoms with van der Waals surface area (Å²) in [6.07, 6.45) is 1.34. The van der Waals surface area contributed by atoms with Gasteiger partial charge in [-0.05, 0) is 30.5 Å². The number of benzene rings is 1. The monoisotopic (exact) mass is 341 g/mol. The number of rotatable bonds is 3. The molecule has 1 saturated heterocycles. The van der Waals surface area contributed by atoms with Gasteiger partial charge in [0.1, 0.15) is 11.9 Å². The number of amides is 1. The van der Waals surface area contributed by atoms with Gasteiger partial charge in [0.2, 0.25) is 5.91 Å². The zero-order valence-corrected chi connectivity index (χ0v) is 14.7. The molecule has 1 aromatic heterocycles. The van der Waals surface area contributed by atoms with Crippen LogP contribution in [-0.4, -0.2) is 52.7 Å². The molecule has 1 fully saturated rings. The highest BCUT2D eigenvalue weighted by Gasteiger charge is 2.26. The molecule has 1 N–H and O–H groups in total. The predicted molar refractivity (Wildman–Crippen MR) is 93.3 cm³/mol. The van der Waals surface area contributed by atoms with Crippen LogP contribution in [0.1, 0.15) is 35.3 Å². The number of aromatic nitrogens is 3. The summed E-state index contributed by atoms with van der Waals surface area (Å²) in [4.78, 5) is 20.4. The first-order chi connectivity index (χ1) is 12.1. The summed E-state index contributed by atoms with van der Waals surface area (Å²) in [7, 11) is 1.85. The van der Waals surface area contributed by atoms with Crippen molar-refractivity contribution in [2.75, 3.05) is 31.6 Å². The lowest BCUT2D eigenvalue weighted by Crippen LogP contribution is -2.38. The zero-order chi connectivity index (χ0) is 17.4. The first kappa shape index (κ1) is 16.2. The number of carbonyl (C=O) groups excluding carboxylic acids is 1. The third-order valence-electron chi connectivity index (χ3n) is 4.95. The first-order valence-corrected chi connectivity index (χ1v) is 8.71. The van der Waals surface area contributed by atoms with Crippen LogP contribution in [0.4, 0.5) is 5.69 Å². The average molecular weight is 341 g/mol. The number of hydrogen-bond donors (Lipinski definition) is 1. The maximum Gasteiger partial charge on any atom is 0.227 e. The van der Waals surface area contributed by atoms with Gasteiger partial charge >= 0.3 is 0 Å². The minimum absolute atomic E-state index is 0.0833. The van der Waals surface area contributed by atoms with E-state index in [4.69, 9.17) is 4.74 Å².